The smallest absolute Gasteiger partial charge is 0.241 e. The number of carbonyl (C=O) groups is 1. The van der Waals surface area contributed by atoms with Crippen molar-refractivity contribution < 1.29 is 9.53 Å². The Morgan fingerprint density at radius 1 is 1.08 bits per heavy atom. The quantitative estimate of drug-likeness (QED) is 0.481. The Hall–Kier alpha value is -2.40. The van der Waals surface area contributed by atoms with E-state index in [4.69, 9.17) is 4.74 Å². The first kappa shape index (κ1) is 26.7. The maximum atomic E-state index is 12.8. The van der Waals surface area contributed by atoms with E-state index in [2.05, 4.69) is 68.9 Å². The molecule has 1 aromatic carbocycles. The van der Waals surface area contributed by atoms with Gasteiger partial charge in [-0.25, -0.2) is 4.68 Å². The Morgan fingerprint density at radius 2 is 1.78 bits per heavy atom. The summed E-state index contributed by atoms with van der Waals surface area (Å²) < 4.78 is 7.35. The highest BCUT2D eigenvalue weighted by Crippen LogP contribution is 2.25. The Morgan fingerprint density at radius 3 is 2.44 bits per heavy atom. The van der Waals surface area contributed by atoms with Crippen LogP contribution in [0.15, 0.2) is 24.3 Å². The van der Waals surface area contributed by atoms with Crippen molar-refractivity contribution in [3.05, 3.63) is 35.7 Å². The van der Waals surface area contributed by atoms with Gasteiger partial charge in [-0.1, -0.05) is 12.1 Å². The van der Waals surface area contributed by atoms with Crippen LogP contribution in [0.1, 0.15) is 64.4 Å². The van der Waals surface area contributed by atoms with Crippen molar-refractivity contribution in [2.45, 2.75) is 64.6 Å². The van der Waals surface area contributed by atoms with E-state index >= 15 is 0 Å². The number of hydrogen-bond acceptors (Lipinski definition) is 8. The van der Waals surface area contributed by atoms with E-state index in [1.54, 1.807) is 0 Å². The highest BCUT2D eigenvalue weighted by atomic mass is 16.5. The minimum Gasteiger partial charge on any atom is -0.379 e. The fraction of sp³-hybridized carbons (Fsp3) is 0.692. The third-order valence-electron chi connectivity index (χ3n) is 7.07. The van der Waals surface area contributed by atoms with Crippen molar-refractivity contribution in [3.63, 3.8) is 0 Å². The number of anilines is 1. The molecule has 2 N–H and O–H groups in total. The predicted octanol–water partition coefficient (Wildman–Crippen LogP) is 2.25. The molecule has 198 valence electrons. The monoisotopic (exact) mass is 498 g/mol. The van der Waals surface area contributed by atoms with Crippen LogP contribution in [0, 0.1) is 0 Å². The van der Waals surface area contributed by atoms with Crippen LogP contribution in [0.3, 0.4) is 0 Å². The summed E-state index contributed by atoms with van der Waals surface area (Å²) in [6.07, 6.45) is 3.36. The largest absolute Gasteiger partial charge is 0.379 e. The highest BCUT2D eigenvalue weighted by molar-refractivity contribution is 5.94. The molecule has 10 nitrogen and oxygen atoms in total. The molecular formula is C26H42N8O2. The molecular weight excluding hydrogens is 456 g/mol. The van der Waals surface area contributed by atoms with Gasteiger partial charge in [0.15, 0.2) is 5.82 Å². The third-order valence-corrected chi connectivity index (χ3v) is 7.07. The van der Waals surface area contributed by atoms with Crippen LogP contribution in [0.2, 0.25) is 0 Å². The molecule has 4 rings (SSSR count). The first-order chi connectivity index (χ1) is 17.3. The fourth-order valence-electron chi connectivity index (χ4n) is 4.88. The average molecular weight is 499 g/mol. The van der Waals surface area contributed by atoms with Crippen molar-refractivity contribution >= 4 is 11.6 Å². The lowest BCUT2D eigenvalue weighted by Crippen LogP contribution is -2.40. The van der Waals surface area contributed by atoms with Crippen LogP contribution in [0.4, 0.5) is 5.69 Å². The van der Waals surface area contributed by atoms with Crippen molar-refractivity contribution in [1.29, 1.82) is 0 Å². The Bertz CT molecular complexity index is 959. The number of nitrogens with zero attached hydrogens (tertiary/aromatic N) is 6. The van der Waals surface area contributed by atoms with Crippen LogP contribution in [0.5, 0.6) is 0 Å². The molecule has 0 spiro atoms. The summed E-state index contributed by atoms with van der Waals surface area (Å²) >= 11 is 0. The van der Waals surface area contributed by atoms with Gasteiger partial charge in [0.1, 0.15) is 0 Å². The molecule has 2 saturated heterocycles. The van der Waals surface area contributed by atoms with Gasteiger partial charge in [-0.3, -0.25) is 14.6 Å². The summed E-state index contributed by atoms with van der Waals surface area (Å²) in [4.78, 5) is 17.4. The summed E-state index contributed by atoms with van der Waals surface area (Å²) in [5.74, 6) is 0.826. The Balaban J connectivity index is 1.43. The zero-order chi connectivity index (χ0) is 25.5. The molecule has 0 saturated carbocycles. The maximum Gasteiger partial charge on any atom is 0.241 e. The van der Waals surface area contributed by atoms with Crippen LogP contribution in [-0.2, 0) is 15.1 Å². The zero-order valence-electron chi connectivity index (χ0n) is 22.2. The number of hydrogen-bond donors (Lipinski definition) is 2. The molecule has 2 fully saturated rings. The topological polar surface area (TPSA) is 100 Å². The lowest BCUT2D eigenvalue weighted by Gasteiger charge is -2.27. The summed E-state index contributed by atoms with van der Waals surface area (Å²) in [5, 5.41) is 19.4. The number of ether oxygens (including phenoxy) is 1. The van der Waals surface area contributed by atoms with Crippen LogP contribution in [0.25, 0.3) is 0 Å². The van der Waals surface area contributed by atoms with Crippen molar-refractivity contribution in [2.24, 2.45) is 0 Å². The molecule has 2 aliphatic heterocycles. The van der Waals surface area contributed by atoms with Gasteiger partial charge in [-0.05, 0) is 101 Å². The number of amides is 1. The van der Waals surface area contributed by atoms with E-state index < -0.39 is 0 Å². The van der Waals surface area contributed by atoms with Crippen molar-refractivity contribution in [2.75, 3.05) is 57.8 Å². The molecule has 1 aromatic heterocycles. The molecule has 2 atom stereocenters. The number of rotatable bonds is 10. The summed E-state index contributed by atoms with van der Waals surface area (Å²) in [6.45, 7) is 15.8. The molecule has 1 amide bonds. The van der Waals surface area contributed by atoms with Gasteiger partial charge < -0.3 is 15.4 Å². The number of carbonyl (C=O) groups excluding carboxylic acids is 1. The van der Waals surface area contributed by atoms with E-state index in [-0.39, 0.29) is 23.5 Å². The minimum atomic E-state index is -0.244. The number of benzene rings is 1. The van der Waals surface area contributed by atoms with E-state index in [1.807, 2.05) is 23.7 Å². The van der Waals surface area contributed by atoms with Crippen molar-refractivity contribution in [3.8, 4) is 0 Å². The molecule has 2 unspecified atom stereocenters. The number of nitrogens with one attached hydrogen (secondary N) is 2. The SMILES string of the molecule is CC(C(=O)Nc1ccc(C(NCCCN2CCOCC2)c2nnnn2C(C)(C)C)cc1)N1CCCC1. The second-order valence-corrected chi connectivity index (χ2v) is 10.8. The lowest BCUT2D eigenvalue weighted by molar-refractivity contribution is -0.120. The molecule has 3 heterocycles. The molecule has 10 heteroatoms. The summed E-state index contributed by atoms with van der Waals surface area (Å²) in [5.41, 5.74) is 1.62. The van der Waals surface area contributed by atoms with Gasteiger partial charge in [0.2, 0.25) is 5.91 Å². The van der Waals surface area contributed by atoms with Crippen LogP contribution in [-0.4, -0.2) is 94.4 Å². The third kappa shape index (κ3) is 6.88. The maximum absolute atomic E-state index is 12.8. The molecule has 0 bridgehead atoms. The fourth-order valence-corrected chi connectivity index (χ4v) is 4.88. The Kier molecular flexibility index (Phi) is 9.05. The summed E-state index contributed by atoms with van der Waals surface area (Å²) in [6, 6.07) is 7.77. The normalized spacial score (nSPS) is 19.3. The van der Waals surface area contributed by atoms with E-state index in [1.165, 1.54) is 12.8 Å². The van der Waals surface area contributed by atoms with Gasteiger partial charge in [-0.2, -0.15) is 0 Å². The van der Waals surface area contributed by atoms with Gasteiger partial charge >= 0.3 is 0 Å². The molecule has 2 aromatic rings. The van der Waals surface area contributed by atoms with Crippen molar-refractivity contribution in [1.82, 2.24) is 35.3 Å². The number of tetrazole rings is 1. The number of likely N-dealkylation sites (tertiary alicyclic amines) is 1. The van der Waals surface area contributed by atoms with Gasteiger partial charge in [0, 0.05) is 18.8 Å². The lowest BCUT2D eigenvalue weighted by atomic mass is 10.0. The second kappa shape index (κ2) is 12.2. The van der Waals surface area contributed by atoms with Crippen LogP contribution >= 0.6 is 0 Å². The van der Waals surface area contributed by atoms with Gasteiger partial charge in [-0.15, -0.1) is 5.10 Å². The van der Waals surface area contributed by atoms with E-state index in [0.717, 1.165) is 76.0 Å². The number of aromatic nitrogens is 4. The first-order valence-corrected chi connectivity index (χ1v) is 13.3. The predicted molar refractivity (Wildman–Crippen MR) is 140 cm³/mol. The first-order valence-electron chi connectivity index (χ1n) is 13.3. The second-order valence-electron chi connectivity index (χ2n) is 10.8. The van der Waals surface area contributed by atoms with Gasteiger partial charge in [0.25, 0.3) is 0 Å². The van der Waals surface area contributed by atoms with Crippen LogP contribution < -0.4 is 10.6 Å². The molecule has 0 aliphatic carbocycles. The zero-order valence-corrected chi connectivity index (χ0v) is 22.2. The average Bonchev–Trinajstić information content (AvgIpc) is 3.58. The molecule has 2 aliphatic rings. The molecule has 36 heavy (non-hydrogen) atoms. The number of morpholine rings is 1. The Labute approximate surface area is 214 Å². The summed E-state index contributed by atoms with van der Waals surface area (Å²) in [7, 11) is 0. The van der Waals surface area contributed by atoms with Gasteiger partial charge in [0.05, 0.1) is 30.8 Å². The highest BCUT2D eigenvalue weighted by Gasteiger charge is 2.27. The van der Waals surface area contributed by atoms with E-state index in [9.17, 15) is 4.79 Å². The molecule has 0 radical (unpaired) electrons. The van der Waals surface area contributed by atoms with E-state index in [0.29, 0.717) is 0 Å². The standard InChI is InChI=1S/C26H42N8O2/c1-20(33-14-5-6-15-33)25(35)28-22-10-8-21(9-11-22)23(24-29-30-31-34(24)26(2,3)4)27-12-7-13-32-16-18-36-19-17-32/h8-11,20,23,27H,5-7,12-19H2,1-4H3,(H,28,35). The minimum absolute atomic E-state index is 0.0408.